The maximum atomic E-state index is 13.1. The molecule has 0 bridgehead atoms. The zero-order chi connectivity index (χ0) is 17.1. The number of hydrogen-bond acceptors (Lipinski definition) is 3. The summed E-state index contributed by atoms with van der Waals surface area (Å²) in [6, 6.07) is 9.98. The van der Waals surface area contributed by atoms with E-state index in [2.05, 4.69) is 10.1 Å². The van der Waals surface area contributed by atoms with Crippen LogP contribution in [0.5, 0.6) is 0 Å². The number of carbonyl (C=O) groups excluding carboxylic acids is 1. The monoisotopic (exact) mass is 335 g/mol. The van der Waals surface area contributed by atoms with Crippen LogP contribution in [0.25, 0.3) is 0 Å². The van der Waals surface area contributed by atoms with Gasteiger partial charge in [-0.2, -0.15) is 5.10 Å². The Kier molecular flexibility index (Phi) is 4.33. The van der Waals surface area contributed by atoms with Gasteiger partial charge in [0.15, 0.2) is 0 Å². The van der Waals surface area contributed by atoms with Crippen molar-refractivity contribution in [3.63, 3.8) is 0 Å². The third kappa shape index (κ3) is 3.33. The molecule has 3 aromatic heterocycles. The molecule has 6 heteroatoms. The quantitative estimate of drug-likeness (QED) is 0.736. The van der Waals surface area contributed by atoms with Crippen LogP contribution in [0.4, 0.5) is 0 Å². The van der Waals surface area contributed by atoms with Gasteiger partial charge in [0.05, 0.1) is 6.04 Å². The fourth-order valence-electron chi connectivity index (χ4n) is 3.44. The van der Waals surface area contributed by atoms with Crippen molar-refractivity contribution in [2.75, 3.05) is 13.1 Å². The molecule has 0 saturated carbocycles. The number of hydrogen-bond donors (Lipinski definition) is 0. The first-order valence-electron chi connectivity index (χ1n) is 8.64. The largest absolute Gasteiger partial charge is 0.339 e. The van der Waals surface area contributed by atoms with E-state index in [0.717, 1.165) is 30.6 Å². The molecule has 1 atom stereocenters. The summed E-state index contributed by atoms with van der Waals surface area (Å²) in [5.74, 6) is 0.0934. The van der Waals surface area contributed by atoms with Gasteiger partial charge in [-0.25, -0.2) is 0 Å². The van der Waals surface area contributed by atoms with Gasteiger partial charge in [0.1, 0.15) is 5.69 Å². The Hall–Kier alpha value is -2.89. The molecule has 0 N–H and O–H groups in total. The number of likely N-dealkylation sites (tertiary alicyclic amines) is 1. The average Bonchev–Trinajstić information content (AvgIpc) is 3.34. The van der Waals surface area contributed by atoms with Crippen LogP contribution >= 0.6 is 0 Å². The topological polar surface area (TPSA) is 56.0 Å². The van der Waals surface area contributed by atoms with Crippen LogP contribution in [0.3, 0.4) is 0 Å². The molecule has 1 fully saturated rings. The molecule has 4 rings (SSSR count). The van der Waals surface area contributed by atoms with E-state index in [1.54, 1.807) is 18.6 Å². The molecule has 0 aliphatic carbocycles. The lowest BCUT2D eigenvalue weighted by Gasteiger charge is -2.33. The lowest BCUT2D eigenvalue weighted by Crippen LogP contribution is -2.41. The lowest BCUT2D eigenvalue weighted by molar-refractivity contribution is 0.0662. The molecule has 0 radical (unpaired) electrons. The van der Waals surface area contributed by atoms with Crippen LogP contribution < -0.4 is 0 Å². The van der Waals surface area contributed by atoms with Crippen LogP contribution in [-0.4, -0.2) is 43.2 Å². The number of aromatic nitrogens is 4. The Morgan fingerprint density at radius 3 is 2.80 bits per heavy atom. The molecule has 25 heavy (non-hydrogen) atoms. The van der Waals surface area contributed by atoms with E-state index in [9.17, 15) is 4.79 Å². The summed E-state index contributed by atoms with van der Waals surface area (Å²) in [6.45, 7) is 2.19. The highest BCUT2D eigenvalue weighted by Crippen LogP contribution is 2.22. The number of nitrogens with zero attached hydrogens (tertiary/aromatic N) is 5. The normalized spacial score (nSPS) is 17.6. The first-order valence-corrected chi connectivity index (χ1v) is 8.64. The van der Waals surface area contributed by atoms with Gasteiger partial charge in [-0.3, -0.25) is 14.5 Å². The van der Waals surface area contributed by atoms with Crippen molar-refractivity contribution in [1.29, 1.82) is 0 Å². The second kappa shape index (κ2) is 6.93. The Bertz CT molecular complexity index is 825. The lowest BCUT2D eigenvalue weighted by atomic mass is 10.1. The summed E-state index contributed by atoms with van der Waals surface area (Å²) < 4.78 is 3.98. The van der Waals surface area contributed by atoms with Crippen molar-refractivity contribution in [2.45, 2.75) is 25.4 Å². The van der Waals surface area contributed by atoms with Gasteiger partial charge in [0, 0.05) is 50.6 Å². The van der Waals surface area contributed by atoms with Crippen LogP contribution in [0.2, 0.25) is 0 Å². The summed E-state index contributed by atoms with van der Waals surface area (Å²) >= 11 is 0. The van der Waals surface area contributed by atoms with E-state index in [-0.39, 0.29) is 11.9 Å². The zero-order valence-electron chi connectivity index (χ0n) is 14.0. The predicted octanol–water partition coefficient (Wildman–Crippen LogP) is 2.61. The Balaban J connectivity index is 1.50. The van der Waals surface area contributed by atoms with Gasteiger partial charge in [-0.15, -0.1) is 0 Å². The molecule has 1 amide bonds. The van der Waals surface area contributed by atoms with Crippen LogP contribution in [0.15, 0.2) is 61.3 Å². The predicted molar refractivity (Wildman–Crippen MR) is 94.2 cm³/mol. The van der Waals surface area contributed by atoms with E-state index in [4.69, 9.17) is 0 Å². The molecule has 0 aromatic carbocycles. The molecule has 1 aliphatic heterocycles. The van der Waals surface area contributed by atoms with Crippen LogP contribution in [0, 0.1) is 0 Å². The number of carbonyl (C=O) groups is 1. The second-order valence-corrected chi connectivity index (χ2v) is 6.41. The number of pyridine rings is 1. The Morgan fingerprint density at radius 2 is 2.00 bits per heavy atom. The molecule has 4 heterocycles. The molecule has 6 nitrogen and oxygen atoms in total. The highest BCUT2D eigenvalue weighted by molar-refractivity contribution is 5.92. The van der Waals surface area contributed by atoms with E-state index in [1.807, 2.05) is 56.9 Å². The maximum absolute atomic E-state index is 13.1. The molecule has 1 unspecified atom stereocenters. The Morgan fingerprint density at radius 1 is 1.12 bits per heavy atom. The van der Waals surface area contributed by atoms with E-state index in [1.165, 1.54) is 0 Å². The van der Waals surface area contributed by atoms with Crippen molar-refractivity contribution in [1.82, 2.24) is 24.2 Å². The van der Waals surface area contributed by atoms with Gasteiger partial charge in [0.2, 0.25) is 0 Å². The minimum atomic E-state index is 0.0934. The van der Waals surface area contributed by atoms with Gasteiger partial charge in [-0.1, -0.05) is 0 Å². The minimum Gasteiger partial charge on any atom is -0.339 e. The second-order valence-electron chi connectivity index (χ2n) is 6.41. The van der Waals surface area contributed by atoms with Crippen molar-refractivity contribution in [3.05, 3.63) is 72.6 Å². The van der Waals surface area contributed by atoms with Crippen LogP contribution in [0.1, 0.15) is 34.9 Å². The van der Waals surface area contributed by atoms with Crippen LogP contribution in [-0.2, 0) is 6.54 Å². The number of amides is 1. The number of rotatable bonds is 4. The van der Waals surface area contributed by atoms with E-state index < -0.39 is 0 Å². The van der Waals surface area contributed by atoms with Crippen molar-refractivity contribution >= 4 is 5.91 Å². The summed E-state index contributed by atoms with van der Waals surface area (Å²) in [5.41, 5.74) is 1.87. The highest BCUT2D eigenvalue weighted by Gasteiger charge is 2.27. The molecular weight excluding hydrogens is 314 g/mol. The van der Waals surface area contributed by atoms with Gasteiger partial charge in [0.25, 0.3) is 5.91 Å². The molecule has 1 aliphatic rings. The highest BCUT2D eigenvalue weighted by atomic mass is 16.2. The summed E-state index contributed by atoms with van der Waals surface area (Å²) in [5, 5.41) is 4.34. The fraction of sp³-hybridized carbons (Fsp3) is 0.316. The zero-order valence-corrected chi connectivity index (χ0v) is 14.0. The van der Waals surface area contributed by atoms with Crippen molar-refractivity contribution in [3.8, 4) is 0 Å². The van der Waals surface area contributed by atoms with E-state index in [0.29, 0.717) is 13.1 Å². The SMILES string of the molecule is O=C(c1cccn1Cc1ccncc1)N1CCCC(n2cccn2)C1. The molecular formula is C19H21N5O. The standard InChI is InChI=1S/C19H21N5O/c25-19(23-12-1-4-17(15-23)24-13-3-8-21-24)18-5-2-11-22(18)14-16-6-9-20-10-7-16/h2-3,5-11,13,17H,1,4,12,14-15H2. The first-order chi connectivity index (χ1) is 12.3. The van der Waals surface area contributed by atoms with Gasteiger partial charge in [-0.05, 0) is 48.7 Å². The smallest absolute Gasteiger partial charge is 0.270 e. The fourth-order valence-corrected chi connectivity index (χ4v) is 3.44. The third-order valence-electron chi connectivity index (χ3n) is 4.73. The number of piperidine rings is 1. The minimum absolute atomic E-state index is 0.0934. The summed E-state index contributed by atoms with van der Waals surface area (Å²) in [4.78, 5) is 19.0. The van der Waals surface area contributed by atoms with Gasteiger partial charge >= 0.3 is 0 Å². The van der Waals surface area contributed by atoms with Gasteiger partial charge < -0.3 is 9.47 Å². The van der Waals surface area contributed by atoms with Crippen molar-refractivity contribution in [2.24, 2.45) is 0 Å². The first kappa shape index (κ1) is 15.6. The molecule has 1 saturated heterocycles. The third-order valence-corrected chi connectivity index (χ3v) is 4.73. The average molecular weight is 335 g/mol. The Labute approximate surface area is 146 Å². The molecule has 3 aromatic rings. The summed E-state index contributed by atoms with van der Waals surface area (Å²) in [7, 11) is 0. The molecule has 128 valence electrons. The van der Waals surface area contributed by atoms with Crippen molar-refractivity contribution < 1.29 is 4.79 Å². The summed E-state index contributed by atoms with van der Waals surface area (Å²) in [6.07, 6.45) is 11.3. The van der Waals surface area contributed by atoms with E-state index >= 15 is 0 Å². The maximum Gasteiger partial charge on any atom is 0.270 e. The molecule has 0 spiro atoms.